The number of carbonyl (C=O) groups is 1. The first-order valence-electron chi connectivity index (χ1n) is 10.5. The van der Waals surface area contributed by atoms with Gasteiger partial charge in [0.1, 0.15) is 12.2 Å². The van der Waals surface area contributed by atoms with Gasteiger partial charge in [0.25, 0.3) is 0 Å². The molecule has 182 valence electrons. The normalized spacial score (nSPS) is 18.2. The Morgan fingerprint density at radius 1 is 1.29 bits per heavy atom. The molecule has 1 aliphatic rings. The van der Waals surface area contributed by atoms with Crippen LogP contribution < -0.4 is 15.5 Å². The third-order valence-corrected chi connectivity index (χ3v) is 5.56. The van der Waals surface area contributed by atoms with Crippen LogP contribution in [0.15, 0.2) is 37.2 Å². The summed E-state index contributed by atoms with van der Waals surface area (Å²) in [7, 11) is 1.72. The van der Waals surface area contributed by atoms with Crippen molar-refractivity contribution in [3.8, 4) is 6.07 Å². The summed E-state index contributed by atoms with van der Waals surface area (Å²) >= 11 is 0. The van der Waals surface area contributed by atoms with Crippen LogP contribution in [0.2, 0.25) is 0 Å². The lowest BCUT2D eigenvalue weighted by atomic mass is 10.0. The van der Waals surface area contributed by atoms with E-state index >= 15 is 0 Å². The van der Waals surface area contributed by atoms with Gasteiger partial charge in [-0.2, -0.15) is 18.4 Å². The van der Waals surface area contributed by atoms with E-state index in [4.69, 9.17) is 0 Å². The smallest absolute Gasteiger partial charge is 0.350 e. The second kappa shape index (κ2) is 9.21. The SMILES string of the molecule is C=CC(=O)Nc1cc2nc(N3C[C@H](F)C[C@@H](Nc4ncc(C(F)(F)F)cn4)C3)n(C)c2cc1C#N. The Hall–Kier alpha value is -4.21. The van der Waals surface area contributed by atoms with Gasteiger partial charge in [0.2, 0.25) is 17.8 Å². The van der Waals surface area contributed by atoms with E-state index in [-0.39, 0.29) is 36.7 Å². The average Bonchev–Trinajstić information content (AvgIpc) is 3.13. The lowest BCUT2D eigenvalue weighted by Gasteiger charge is -2.35. The molecule has 1 fully saturated rings. The largest absolute Gasteiger partial charge is 0.419 e. The number of hydrogen-bond donors (Lipinski definition) is 2. The minimum Gasteiger partial charge on any atom is -0.350 e. The van der Waals surface area contributed by atoms with E-state index < -0.39 is 29.9 Å². The van der Waals surface area contributed by atoms with Gasteiger partial charge in [-0.3, -0.25) is 4.79 Å². The van der Waals surface area contributed by atoms with Crippen molar-refractivity contribution >= 4 is 34.5 Å². The lowest BCUT2D eigenvalue weighted by Crippen LogP contribution is -2.48. The highest BCUT2D eigenvalue weighted by atomic mass is 19.4. The van der Waals surface area contributed by atoms with E-state index in [0.717, 1.165) is 6.08 Å². The molecule has 2 aromatic heterocycles. The number of halogens is 4. The van der Waals surface area contributed by atoms with Crippen LogP contribution in [0.25, 0.3) is 11.0 Å². The van der Waals surface area contributed by atoms with Crippen LogP contribution in [-0.2, 0) is 18.0 Å². The summed E-state index contributed by atoms with van der Waals surface area (Å²) in [6, 6.07) is 4.67. The molecule has 2 N–H and O–H groups in total. The quantitative estimate of drug-likeness (QED) is 0.418. The number of aryl methyl sites for hydroxylation is 1. The fourth-order valence-electron chi connectivity index (χ4n) is 3.92. The van der Waals surface area contributed by atoms with Crippen LogP contribution in [0.5, 0.6) is 0 Å². The Balaban J connectivity index is 1.59. The van der Waals surface area contributed by atoms with E-state index in [0.29, 0.717) is 29.4 Å². The topological polar surface area (TPSA) is 112 Å². The first-order chi connectivity index (χ1) is 16.6. The number of nitriles is 1. The van der Waals surface area contributed by atoms with E-state index in [1.165, 1.54) is 0 Å². The summed E-state index contributed by atoms with van der Waals surface area (Å²) < 4.78 is 54.6. The molecule has 3 heterocycles. The van der Waals surface area contributed by atoms with E-state index in [1.54, 1.807) is 28.6 Å². The van der Waals surface area contributed by atoms with Gasteiger partial charge in [-0.25, -0.2) is 19.3 Å². The summed E-state index contributed by atoms with van der Waals surface area (Å²) in [5.41, 5.74) is 0.609. The van der Waals surface area contributed by atoms with Crippen molar-refractivity contribution in [2.45, 2.75) is 24.8 Å². The number of piperidine rings is 1. The van der Waals surface area contributed by atoms with Crippen LogP contribution in [0, 0.1) is 11.3 Å². The molecule has 0 radical (unpaired) electrons. The standard InChI is InChI=1S/C22H20F4N8O/c1-3-19(35)31-16-6-17-18(4-12(16)7-27)33(2)21(32-17)34-10-14(23)5-15(11-34)30-20-28-8-13(9-29-20)22(24,25)26/h3-4,6,8-9,14-15H,1,5,10-11H2,2H3,(H,31,35)(H,28,29,30)/t14-,15-/m1/s1. The zero-order valence-electron chi connectivity index (χ0n) is 18.5. The average molecular weight is 488 g/mol. The van der Waals surface area contributed by atoms with E-state index in [2.05, 4.69) is 32.2 Å². The fourth-order valence-corrected chi connectivity index (χ4v) is 3.92. The number of hydrogen-bond acceptors (Lipinski definition) is 7. The maximum atomic E-state index is 14.6. The summed E-state index contributed by atoms with van der Waals surface area (Å²) in [5, 5.41) is 14.9. The van der Waals surface area contributed by atoms with Gasteiger partial charge in [-0.1, -0.05) is 6.58 Å². The van der Waals surface area contributed by atoms with Gasteiger partial charge in [0, 0.05) is 38.4 Å². The molecule has 13 heteroatoms. The molecule has 0 bridgehead atoms. The second-order valence-electron chi connectivity index (χ2n) is 8.03. The predicted octanol–water partition coefficient (Wildman–Crippen LogP) is 3.41. The minimum atomic E-state index is -4.55. The van der Waals surface area contributed by atoms with Crippen molar-refractivity contribution in [3.05, 3.63) is 48.3 Å². The van der Waals surface area contributed by atoms with Crippen molar-refractivity contribution in [1.82, 2.24) is 19.5 Å². The molecule has 3 aromatic rings. The third kappa shape index (κ3) is 5.01. The number of fused-ring (bicyclic) bond motifs is 1. The van der Waals surface area contributed by atoms with Gasteiger partial charge in [-0.05, 0) is 18.2 Å². The van der Waals surface area contributed by atoms with Crippen LogP contribution >= 0.6 is 0 Å². The Morgan fingerprint density at radius 3 is 2.63 bits per heavy atom. The van der Waals surface area contributed by atoms with Crippen molar-refractivity contribution < 1.29 is 22.4 Å². The van der Waals surface area contributed by atoms with Crippen molar-refractivity contribution in [1.29, 1.82) is 5.26 Å². The third-order valence-electron chi connectivity index (χ3n) is 5.56. The Bertz CT molecular complexity index is 1310. The maximum Gasteiger partial charge on any atom is 0.419 e. The highest BCUT2D eigenvalue weighted by Gasteiger charge is 2.33. The molecule has 35 heavy (non-hydrogen) atoms. The van der Waals surface area contributed by atoms with Crippen LogP contribution in [0.4, 0.5) is 35.1 Å². The first-order valence-corrected chi connectivity index (χ1v) is 10.5. The Labute approximate surface area is 197 Å². The summed E-state index contributed by atoms with van der Waals surface area (Å²) in [6.45, 7) is 3.73. The molecular formula is C22H20F4N8O. The number of nitrogens with one attached hydrogen (secondary N) is 2. The van der Waals surface area contributed by atoms with Crippen molar-refractivity contribution in [2.24, 2.45) is 7.05 Å². The molecule has 9 nitrogen and oxygen atoms in total. The van der Waals surface area contributed by atoms with Gasteiger partial charge in [-0.15, -0.1) is 0 Å². The Kier molecular flexibility index (Phi) is 6.29. The zero-order chi connectivity index (χ0) is 25.3. The summed E-state index contributed by atoms with van der Waals surface area (Å²) in [6.07, 6.45) is -3.26. The summed E-state index contributed by atoms with van der Waals surface area (Å²) in [4.78, 5) is 25.4. The number of benzene rings is 1. The van der Waals surface area contributed by atoms with E-state index in [1.807, 2.05) is 6.07 Å². The molecule has 4 rings (SSSR count). The number of imidazole rings is 1. The number of aromatic nitrogens is 4. The molecule has 0 spiro atoms. The van der Waals surface area contributed by atoms with Crippen LogP contribution in [-0.4, -0.2) is 50.7 Å². The molecule has 1 aliphatic heterocycles. The number of carbonyl (C=O) groups excluding carboxylic acids is 1. The van der Waals surface area contributed by atoms with Gasteiger partial charge >= 0.3 is 6.18 Å². The lowest BCUT2D eigenvalue weighted by molar-refractivity contribution is -0.138. The summed E-state index contributed by atoms with van der Waals surface area (Å²) in [5.74, 6) is -0.0883. The highest BCUT2D eigenvalue weighted by Crippen LogP contribution is 2.30. The van der Waals surface area contributed by atoms with Crippen molar-refractivity contribution in [2.75, 3.05) is 28.6 Å². The Morgan fingerprint density at radius 2 is 2.00 bits per heavy atom. The molecule has 1 saturated heterocycles. The second-order valence-corrected chi connectivity index (χ2v) is 8.03. The molecular weight excluding hydrogens is 468 g/mol. The molecule has 1 aromatic carbocycles. The molecule has 1 amide bonds. The number of alkyl halides is 4. The van der Waals surface area contributed by atoms with Crippen LogP contribution in [0.3, 0.4) is 0 Å². The van der Waals surface area contributed by atoms with Gasteiger partial charge < -0.3 is 20.1 Å². The molecule has 0 saturated carbocycles. The molecule has 2 atom stereocenters. The number of amides is 1. The molecule has 0 unspecified atom stereocenters. The number of anilines is 3. The van der Waals surface area contributed by atoms with E-state index in [9.17, 15) is 27.6 Å². The monoisotopic (exact) mass is 488 g/mol. The van der Waals surface area contributed by atoms with Gasteiger partial charge in [0.15, 0.2) is 0 Å². The van der Waals surface area contributed by atoms with Crippen molar-refractivity contribution in [3.63, 3.8) is 0 Å². The van der Waals surface area contributed by atoms with Crippen LogP contribution in [0.1, 0.15) is 17.5 Å². The molecule has 0 aliphatic carbocycles. The zero-order valence-corrected chi connectivity index (χ0v) is 18.5. The first kappa shape index (κ1) is 23.9. The number of nitrogens with zero attached hydrogens (tertiary/aromatic N) is 6. The van der Waals surface area contributed by atoms with Gasteiger partial charge in [0.05, 0.1) is 34.4 Å². The maximum absolute atomic E-state index is 14.6. The number of rotatable bonds is 5. The minimum absolute atomic E-state index is 0.0386. The highest BCUT2D eigenvalue weighted by molar-refractivity contribution is 6.01. The predicted molar refractivity (Wildman–Crippen MR) is 120 cm³/mol. The fraction of sp³-hybridized carbons (Fsp3) is 0.318.